The van der Waals surface area contributed by atoms with E-state index in [1.165, 1.54) is 0 Å². The summed E-state index contributed by atoms with van der Waals surface area (Å²) in [7, 11) is 0. The number of nitrogens with one attached hydrogen (secondary N) is 2. The predicted octanol–water partition coefficient (Wildman–Crippen LogP) is 2.81. The summed E-state index contributed by atoms with van der Waals surface area (Å²) in [6.07, 6.45) is 1.36. The van der Waals surface area contributed by atoms with Crippen molar-refractivity contribution in [2.45, 2.75) is 66.2 Å². The fourth-order valence-electron chi connectivity index (χ4n) is 1.94. The summed E-state index contributed by atoms with van der Waals surface area (Å²) in [5.74, 6) is 1.07. The fourth-order valence-corrected chi connectivity index (χ4v) is 1.94. The van der Waals surface area contributed by atoms with E-state index in [0.717, 1.165) is 11.5 Å². The third kappa shape index (κ3) is 6.95. The largest absolute Gasteiger partial charge is 0.444 e. The minimum Gasteiger partial charge on any atom is -0.444 e. The van der Waals surface area contributed by atoms with Crippen LogP contribution in [0.1, 0.15) is 53.1 Å². The van der Waals surface area contributed by atoms with E-state index in [1.807, 2.05) is 33.8 Å². The first-order valence-corrected chi connectivity index (χ1v) is 8.02. The zero-order chi connectivity index (χ0) is 17.7. The quantitative estimate of drug-likeness (QED) is 0.842. The Balaban J connectivity index is 2.62. The van der Waals surface area contributed by atoms with E-state index < -0.39 is 11.7 Å². The van der Waals surface area contributed by atoms with Gasteiger partial charge in [0.2, 0.25) is 0 Å². The third-order valence-corrected chi connectivity index (χ3v) is 3.78. The molecule has 130 valence electrons. The molecule has 0 aromatic carbocycles. The Kier molecular flexibility index (Phi) is 6.50. The summed E-state index contributed by atoms with van der Waals surface area (Å²) in [5, 5.41) is 6.35. The lowest BCUT2D eigenvalue weighted by molar-refractivity contribution is 0.0503. The van der Waals surface area contributed by atoms with Crippen molar-refractivity contribution in [3.05, 3.63) is 23.8 Å². The van der Waals surface area contributed by atoms with Crippen LogP contribution in [0.3, 0.4) is 0 Å². The molecule has 1 unspecified atom stereocenters. The Morgan fingerprint density at radius 1 is 1.30 bits per heavy atom. The molecule has 1 aromatic rings. The lowest BCUT2D eigenvalue weighted by atomic mass is 9.88. The molecular weight excluding hydrogens is 292 g/mol. The van der Waals surface area contributed by atoms with E-state index in [4.69, 9.17) is 4.74 Å². The van der Waals surface area contributed by atoms with Crippen LogP contribution < -0.4 is 10.6 Å². The van der Waals surface area contributed by atoms with E-state index in [0.29, 0.717) is 19.0 Å². The highest BCUT2D eigenvalue weighted by atomic mass is 16.6. The van der Waals surface area contributed by atoms with Gasteiger partial charge in [-0.3, -0.25) is 0 Å². The van der Waals surface area contributed by atoms with Gasteiger partial charge >= 0.3 is 6.09 Å². The number of aromatic nitrogens is 2. The number of rotatable bonds is 6. The molecule has 1 amide bonds. The van der Waals surface area contributed by atoms with Gasteiger partial charge in [0.15, 0.2) is 0 Å². The van der Waals surface area contributed by atoms with Gasteiger partial charge in [0.05, 0.1) is 5.69 Å². The molecule has 6 heteroatoms. The van der Waals surface area contributed by atoms with E-state index in [9.17, 15) is 4.79 Å². The Morgan fingerprint density at radius 2 is 1.96 bits per heavy atom. The van der Waals surface area contributed by atoms with E-state index >= 15 is 0 Å². The van der Waals surface area contributed by atoms with Crippen LogP contribution >= 0.6 is 0 Å². The van der Waals surface area contributed by atoms with Gasteiger partial charge in [0.25, 0.3) is 0 Å². The number of carbonyl (C=O) groups is 1. The number of alkyl carbamates (subject to hydrolysis) is 1. The smallest absolute Gasteiger partial charge is 0.407 e. The van der Waals surface area contributed by atoms with Gasteiger partial charge in [-0.15, -0.1) is 0 Å². The zero-order valence-corrected chi connectivity index (χ0v) is 15.4. The van der Waals surface area contributed by atoms with E-state index in [2.05, 4.69) is 41.4 Å². The van der Waals surface area contributed by atoms with Crippen LogP contribution in [0.4, 0.5) is 4.79 Å². The van der Waals surface area contributed by atoms with Crippen LogP contribution in [-0.2, 0) is 11.3 Å². The Morgan fingerprint density at radius 3 is 2.48 bits per heavy atom. The maximum absolute atomic E-state index is 11.9. The molecule has 0 aliphatic rings. The number of hydrogen-bond donors (Lipinski definition) is 2. The zero-order valence-electron chi connectivity index (χ0n) is 15.4. The van der Waals surface area contributed by atoms with Gasteiger partial charge in [-0.25, -0.2) is 14.8 Å². The Labute approximate surface area is 139 Å². The van der Waals surface area contributed by atoms with Crippen LogP contribution in [0, 0.1) is 12.8 Å². The maximum atomic E-state index is 11.9. The van der Waals surface area contributed by atoms with Crippen molar-refractivity contribution in [3.63, 3.8) is 0 Å². The summed E-state index contributed by atoms with van der Waals surface area (Å²) >= 11 is 0. The van der Waals surface area contributed by atoms with Gasteiger partial charge in [0.1, 0.15) is 11.4 Å². The van der Waals surface area contributed by atoms with Gasteiger partial charge in [-0.05, 0) is 46.6 Å². The maximum Gasteiger partial charge on any atom is 0.407 e. The molecule has 1 atom stereocenters. The number of amides is 1. The van der Waals surface area contributed by atoms with Crippen LogP contribution in [0.25, 0.3) is 0 Å². The summed E-state index contributed by atoms with van der Waals surface area (Å²) in [6, 6.07) is 1.89. The number of hydrogen-bond acceptors (Lipinski definition) is 5. The lowest BCUT2D eigenvalue weighted by Crippen LogP contribution is -2.55. The SMILES string of the molecule is Cc1nccc(CNC(C)(CNC(=O)OC(C)(C)C)C(C)C)n1. The van der Waals surface area contributed by atoms with Crippen LogP contribution in [0.15, 0.2) is 12.3 Å². The van der Waals surface area contributed by atoms with Gasteiger partial charge in [-0.2, -0.15) is 0 Å². The average molecular weight is 322 g/mol. The van der Waals surface area contributed by atoms with Crippen molar-refractivity contribution in [1.29, 1.82) is 0 Å². The number of carbonyl (C=O) groups excluding carboxylic acids is 1. The molecule has 0 saturated carbocycles. The van der Waals surface area contributed by atoms with Crippen LogP contribution in [0.5, 0.6) is 0 Å². The Bertz CT molecular complexity index is 526. The summed E-state index contributed by atoms with van der Waals surface area (Å²) in [4.78, 5) is 20.4. The number of aryl methyl sites for hydroxylation is 1. The van der Waals surface area contributed by atoms with Crippen LogP contribution in [-0.4, -0.2) is 33.7 Å². The molecule has 0 radical (unpaired) electrons. The minimum absolute atomic E-state index is 0.268. The summed E-state index contributed by atoms with van der Waals surface area (Å²) < 4.78 is 5.29. The monoisotopic (exact) mass is 322 g/mol. The first-order chi connectivity index (χ1) is 10.5. The number of nitrogens with zero attached hydrogens (tertiary/aromatic N) is 2. The molecule has 2 N–H and O–H groups in total. The second-order valence-corrected chi connectivity index (χ2v) is 7.38. The van der Waals surface area contributed by atoms with E-state index in [1.54, 1.807) is 6.20 Å². The standard InChI is InChI=1S/C17H30N4O2/c1-12(2)17(7,11-19-15(22)23-16(4,5)6)20-10-14-8-9-18-13(3)21-14/h8-9,12,20H,10-11H2,1-7H3,(H,19,22). The normalized spacial score (nSPS) is 14.4. The van der Waals surface area contributed by atoms with E-state index in [-0.39, 0.29) is 5.54 Å². The molecule has 0 saturated heterocycles. The van der Waals surface area contributed by atoms with Crippen LogP contribution in [0.2, 0.25) is 0 Å². The van der Waals surface area contributed by atoms with Crippen molar-refractivity contribution in [1.82, 2.24) is 20.6 Å². The minimum atomic E-state index is -0.496. The predicted molar refractivity (Wildman–Crippen MR) is 91.1 cm³/mol. The molecule has 0 fully saturated rings. The molecule has 1 aromatic heterocycles. The molecular formula is C17H30N4O2. The van der Waals surface area contributed by atoms with Crippen molar-refractivity contribution < 1.29 is 9.53 Å². The number of ether oxygens (including phenoxy) is 1. The molecule has 1 rings (SSSR count). The molecule has 0 bridgehead atoms. The molecule has 23 heavy (non-hydrogen) atoms. The summed E-state index contributed by atoms with van der Waals surface area (Å²) in [5.41, 5.74) is 0.168. The first-order valence-electron chi connectivity index (χ1n) is 8.02. The first kappa shape index (κ1) is 19.4. The second-order valence-electron chi connectivity index (χ2n) is 7.38. The van der Waals surface area contributed by atoms with Gasteiger partial charge in [-0.1, -0.05) is 13.8 Å². The molecule has 0 aliphatic carbocycles. The van der Waals surface area contributed by atoms with Gasteiger partial charge in [0, 0.05) is 24.8 Å². The highest BCUT2D eigenvalue weighted by molar-refractivity contribution is 5.67. The average Bonchev–Trinajstić information content (AvgIpc) is 2.41. The molecule has 0 spiro atoms. The fraction of sp³-hybridized carbons (Fsp3) is 0.706. The van der Waals surface area contributed by atoms with Crippen molar-refractivity contribution >= 4 is 6.09 Å². The van der Waals surface area contributed by atoms with Crippen molar-refractivity contribution in [3.8, 4) is 0 Å². The topological polar surface area (TPSA) is 76.1 Å². The van der Waals surface area contributed by atoms with Crippen molar-refractivity contribution in [2.24, 2.45) is 5.92 Å². The lowest BCUT2D eigenvalue weighted by Gasteiger charge is -2.35. The highest BCUT2D eigenvalue weighted by Gasteiger charge is 2.29. The second kappa shape index (κ2) is 7.73. The van der Waals surface area contributed by atoms with Crippen molar-refractivity contribution in [2.75, 3.05) is 6.54 Å². The Hall–Kier alpha value is -1.69. The summed E-state index contributed by atoms with van der Waals surface area (Å²) in [6.45, 7) is 14.8. The molecule has 0 aliphatic heterocycles. The third-order valence-electron chi connectivity index (χ3n) is 3.78. The highest BCUT2D eigenvalue weighted by Crippen LogP contribution is 2.17. The molecule has 1 heterocycles. The molecule has 6 nitrogen and oxygen atoms in total. The van der Waals surface area contributed by atoms with Gasteiger partial charge < -0.3 is 15.4 Å².